The van der Waals surface area contributed by atoms with E-state index in [9.17, 15) is 4.79 Å². The zero-order chi connectivity index (χ0) is 21.8. The van der Waals surface area contributed by atoms with E-state index in [0.29, 0.717) is 23.2 Å². The van der Waals surface area contributed by atoms with Gasteiger partial charge in [0.15, 0.2) is 0 Å². The lowest BCUT2D eigenvalue weighted by Gasteiger charge is -2.27. The second-order valence-electron chi connectivity index (χ2n) is 7.37. The highest BCUT2D eigenvalue weighted by atomic mass is 32.1. The molecule has 1 aromatic heterocycles. The van der Waals surface area contributed by atoms with E-state index in [1.54, 1.807) is 0 Å². The van der Waals surface area contributed by atoms with Gasteiger partial charge in [0.05, 0.1) is 12.5 Å². The number of benzene rings is 3. The number of nitrogens with zero attached hydrogens (tertiary/aromatic N) is 2. The topological polar surface area (TPSA) is 73.3 Å². The molecule has 0 unspecified atom stereocenters. The van der Waals surface area contributed by atoms with Crippen LogP contribution in [0.2, 0.25) is 0 Å². The van der Waals surface area contributed by atoms with Gasteiger partial charge in [0.25, 0.3) is 0 Å². The number of ether oxygens (including phenoxy) is 2. The molecule has 1 amide bonds. The predicted octanol–water partition coefficient (Wildman–Crippen LogP) is 5.43. The number of para-hydroxylation sites is 3. The Morgan fingerprint density at radius 1 is 0.906 bits per heavy atom. The van der Waals surface area contributed by atoms with Crippen molar-refractivity contribution in [3.63, 3.8) is 0 Å². The Morgan fingerprint density at radius 3 is 2.28 bits per heavy atom. The van der Waals surface area contributed by atoms with E-state index in [4.69, 9.17) is 9.47 Å². The van der Waals surface area contributed by atoms with E-state index < -0.39 is 5.92 Å². The Labute approximate surface area is 189 Å². The molecule has 0 saturated heterocycles. The number of hydrogen-bond donors (Lipinski definition) is 1. The van der Waals surface area contributed by atoms with Crippen molar-refractivity contribution < 1.29 is 14.3 Å². The lowest BCUT2D eigenvalue weighted by atomic mass is 9.87. The largest absolute Gasteiger partial charge is 0.494 e. The molecular formula is C25H21N3O3S. The highest BCUT2D eigenvalue weighted by molar-refractivity contribution is 7.15. The molecule has 0 radical (unpaired) electrons. The van der Waals surface area contributed by atoms with Gasteiger partial charge in [0.2, 0.25) is 11.0 Å². The summed E-state index contributed by atoms with van der Waals surface area (Å²) in [6.07, 6.45) is 1.56. The van der Waals surface area contributed by atoms with Gasteiger partial charge in [-0.25, -0.2) is 0 Å². The number of carbonyl (C=O) groups excluding carboxylic acids is 1. The molecule has 5 rings (SSSR count). The number of anilines is 1. The van der Waals surface area contributed by atoms with Crippen molar-refractivity contribution in [1.29, 1.82) is 0 Å². The van der Waals surface area contributed by atoms with Gasteiger partial charge < -0.3 is 9.47 Å². The number of aromatic nitrogens is 2. The van der Waals surface area contributed by atoms with Crippen LogP contribution >= 0.6 is 11.3 Å². The van der Waals surface area contributed by atoms with E-state index >= 15 is 0 Å². The average Bonchev–Trinajstić information content (AvgIpc) is 3.28. The van der Waals surface area contributed by atoms with Crippen LogP contribution in [0.3, 0.4) is 0 Å². The molecule has 1 aliphatic heterocycles. The smallest absolute Gasteiger partial charge is 0.238 e. The van der Waals surface area contributed by atoms with Gasteiger partial charge in [0.1, 0.15) is 22.3 Å². The molecule has 0 aliphatic carbocycles. The number of amides is 1. The minimum Gasteiger partial charge on any atom is -0.494 e. The summed E-state index contributed by atoms with van der Waals surface area (Å²) in [5.41, 5.74) is 1.68. The fourth-order valence-corrected chi connectivity index (χ4v) is 4.49. The summed E-state index contributed by atoms with van der Waals surface area (Å²) in [4.78, 5) is 13.3. The molecule has 0 atom stereocenters. The van der Waals surface area contributed by atoms with Crippen molar-refractivity contribution in [1.82, 2.24) is 10.2 Å². The number of carbonyl (C=O) groups is 1. The van der Waals surface area contributed by atoms with Gasteiger partial charge in [-0.1, -0.05) is 65.9 Å². The van der Waals surface area contributed by atoms with Gasteiger partial charge in [0, 0.05) is 17.5 Å². The van der Waals surface area contributed by atoms with Crippen LogP contribution in [0.25, 0.3) is 0 Å². The van der Waals surface area contributed by atoms with Crippen LogP contribution in [0.15, 0.2) is 78.9 Å². The van der Waals surface area contributed by atoms with E-state index in [0.717, 1.165) is 34.7 Å². The zero-order valence-corrected chi connectivity index (χ0v) is 18.0. The number of hydrogen-bond acceptors (Lipinski definition) is 6. The third-order valence-electron chi connectivity index (χ3n) is 5.19. The van der Waals surface area contributed by atoms with Crippen LogP contribution in [0.4, 0.5) is 5.13 Å². The number of aryl methyl sites for hydroxylation is 1. The Kier molecular flexibility index (Phi) is 5.81. The minimum absolute atomic E-state index is 0.150. The third kappa shape index (κ3) is 4.33. The third-order valence-corrected chi connectivity index (χ3v) is 6.08. The van der Waals surface area contributed by atoms with Crippen LogP contribution in [-0.4, -0.2) is 22.7 Å². The Balaban J connectivity index is 1.24. The summed E-state index contributed by atoms with van der Waals surface area (Å²) in [5.74, 6) is 1.63. The van der Waals surface area contributed by atoms with Crippen LogP contribution in [0, 0.1) is 0 Å². The molecule has 1 N–H and O–H groups in total. The minimum atomic E-state index is -0.470. The molecule has 160 valence electrons. The normalized spacial score (nSPS) is 12.4. The summed E-state index contributed by atoms with van der Waals surface area (Å²) in [7, 11) is 0. The summed E-state index contributed by atoms with van der Waals surface area (Å²) in [5, 5.41) is 12.7. The summed E-state index contributed by atoms with van der Waals surface area (Å²) < 4.78 is 11.7. The molecule has 32 heavy (non-hydrogen) atoms. The maximum atomic E-state index is 13.3. The molecule has 2 heterocycles. The molecule has 0 saturated carbocycles. The van der Waals surface area contributed by atoms with Crippen LogP contribution in [0.1, 0.15) is 28.5 Å². The van der Waals surface area contributed by atoms with E-state index in [1.807, 2.05) is 78.9 Å². The molecule has 6 nitrogen and oxygen atoms in total. The molecule has 1 aliphatic rings. The molecule has 4 aromatic rings. The number of fused-ring (bicyclic) bond motifs is 2. The van der Waals surface area contributed by atoms with Gasteiger partial charge in [-0.2, -0.15) is 0 Å². The highest BCUT2D eigenvalue weighted by Gasteiger charge is 2.32. The van der Waals surface area contributed by atoms with E-state index in [2.05, 4.69) is 15.5 Å². The van der Waals surface area contributed by atoms with Crippen molar-refractivity contribution in [2.75, 3.05) is 11.9 Å². The second kappa shape index (κ2) is 9.20. The van der Waals surface area contributed by atoms with Gasteiger partial charge in [-0.3, -0.25) is 10.1 Å². The maximum absolute atomic E-state index is 13.3. The van der Waals surface area contributed by atoms with Crippen LogP contribution in [0.5, 0.6) is 17.2 Å². The SMILES string of the molecule is O=C(Nc1nnc(CCCOc2ccccc2)s1)C1c2ccccc2Oc2ccccc21. The Hall–Kier alpha value is -3.71. The fraction of sp³-hybridized carbons (Fsp3) is 0.160. The zero-order valence-electron chi connectivity index (χ0n) is 17.2. The first-order chi connectivity index (χ1) is 15.8. The first-order valence-electron chi connectivity index (χ1n) is 10.4. The average molecular weight is 444 g/mol. The summed E-state index contributed by atoms with van der Waals surface area (Å²) in [6.45, 7) is 0.598. The summed E-state index contributed by atoms with van der Waals surface area (Å²) >= 11 is 1.39. The lowest BCUT2D eigenvalue weighted by Crippen LogP contribution is -2.25. The Morgan fingerprint density at radius 2 is 1.56 bits per heavy atom. The van der Waals surface area contributed by atoms with Crippen LogP contribution < -0.4 is 14.8 Å². The van der Waals surface area contributed by atoms with Crippen molar-refractivity contribution in [3.05, 3.63) is 95.0 Å². The van der Waals surface area contributed by atoms with Crippen molar-refractivity contribution in [3.8, 4) is 17.2 Å². The maximum Gasteiger partial charge on any atom is 0.238 e. The first kappa shape index (κ1) is 20.2. The van der Waals surface area contributed by atoms with Crippen LogP contribution in [-0.2, 0) is 11.2 Å². The predicted molar refractivity (Wildman–Crippen MR) is 124 cm³/mol. The summed E-state index contributed by atoms with van der Waals surface area (Å²) in [6, 6.07) is 25.0. The van der Waals surface area contributed by atoms with Gasteiger partial charge in [-0.15, -0.1) is 10.2 Å². The lowest BCUT2D eigenvalue weighted by molar-refractivity contribution is -0.116. The van der Waals surface area contributed by atoms with E-state index in [-0.39, 0.29) is 5.91 Å². The molecule has 0 spiro atoms. The molecular weight excluding hydrogens is 422 g/mol. The monoisotopic (exact) mass is 443 g/mol. The number of rotatable bonds is 7. The van der Waals surface area contributed by atoms with Crippen molar-refractivity contribution in [2.24, 2.45) is 0 Å². The standard InChI is InChI=1S/C25H21N3O3S/c29-24(23-18-11-4-6-13-20(18)31-21-14-7-5-12-19(21)23)26-25-28-27-22(32-25)15-8-16-30-17-9-2-1-3-10-17/h1-7,9-14,23H,8,15-16H2,(H,26,28,29). The highest BCUT2D eigenvalue weighted by Crippen LogP contribution is 2.44. The van der Waals surface area contributed by atoms with Crippen molar-refractivity contribution in [2.45, 2.75) is 18.8 Å². The fourth-order valence-electron chi connectivity index (χ4n) is 3.71. The second-order valence-corrected chi connectivity index (χ2v) is 8.43. The quantitative estimate of drug-likeness (QED) is 0.386. The molecule has 7 heteroatoms. The van der Waals surface area contributed by atoms with Gasteiger partial charge >= 0.3 is 0 Å². The Bertz CT molecular complexity index is 1180. The van der Waals surface area contributed by atoms with E-state index in [1.165, 1.54) is 11.3 Å². The molecule has 3 aromatic carbocycles. The number of nitrogens with one attached hydrogen (secondary N) is 1. The first-order valence-corrected chi connectivity index (χ1v) is 11.3. The molecule has 0 fully saturated rings. The molecule has 0 bridgehead atoms. The van der Waals surface area contributed by atoms with Crippen molar-refractivity contribution >= 4 is 22.4 Å². The van der Waals surface area contributed by atoms with Gasteiger partial charge in [-0.05, 0) is 30.7 Å².